The highest BCUT2D eigenvalue weighted by Gasteiger charge is 2.29. The van der Waals surface area contributed by atoms with Crippen LogP contribution in [0.5, 0.6) is 5.75 Å². The molecular formula is C27H29N5O3. The third-order valence-electron chi connectivity index (χ3n) is 6.64. The number of aryl methyl sites for hydroxylation is 3. The van der Waals surface area contributed by atoms with Crippen LogP contribution in [0, 0.1) is 20.8 Å². The molecule has 0 radical (unpaired) electrons. The lowest BCUT2D eigenvalue weighted by Crippen LogP contribution is -2.49. The second kappa shape index (κ2) is 8.94. The first-order chi connectivity index (χ1) is 16.9. The number of H-pyrrole nitrogens is 1. The predicted molar refractivity (Wildman–Crippen MR) is 137 cm³/mol. The van der Waals surface area contributed by atoms with Gasteiger partial charge in [0.2, 0.25) is 0 Å². The molecular weight excluding hydrogens is 442 g/mol. The van der Waals surface area contributed by atoms with E-state index in [9.17, 15) is 9.59 Å². The first-order valence-corrected chi connectivity index (χ1v) is 11.7. The molecule has 5 rings (SSSR count). The second-order valence-electron chi connectivity index (χ2n) is 9.06. The Hall–Kier alpha value is -4.07. The van der Waals surface area contributed by atoms with Gasteiger partial charge >= 0.3 is 0 Å². The number of aromatic nitrogens is 3. The average molecular weight is 472 g/mol. The van der Waals surface area contributed by atoms with E-state index in [1.54, 1.807) is 11.6 Å². The number of anilines is 1. The summed E-state index contributed by atoms with van der Waals surface area (Å²) in [6, 6.07) is 15.4. The molecule has 180 valence electrons. The number of piperazine rings is 1. The zero-order valence-electron chi connectivity index (χ0n) is 20.5. The molecule has 2 aromatic heterocycles. The molecule has 3 heterocycles. The van der Waals surface area contributed by atoms with Gasteiger partial charge in [0.15, 0.2) is 5.69 Å². The Kier molecular flexibility index (Phi) is 5.80. The maximum absolute atomic E-state index is 13.8. The average Bonchev–Trinajstić information content (AvgIpc) is 3.23. The lowest BCUT2D eigenvalue weighted by molar-refractivity contribution is 0.0741. The van der Waals surface area contributed by atoms with E-state index in [2.05, 4.69) is 47.0 Å². The lowest BCUT2D eigenvalue weighted by atomic mass is 10.0. The molecule has 0 aliphatic carbocycles. The zero-order chi connectivity index (χ0) is 24.7. The summed E-state index contributed by atoms with van der Waals surface area (Å²) in [5, 5.41) is 4.66. The van der Waals surface area contributed by atoms with E-state index in [-0.39, 0.29) is 11.5 Å². The van der Waals surface area contributed by atoms with Crippen LogP contribution in [-0.2, 0) is 0 Å². The fraction of sp³-hybridized carbons (Fsp3) is 0.296. The number of methoxy groups -OCH3 is 1. The monoisotopic (exact) mass is 471 g/mol. The summed E-state index contributed by atoms with van der Waals surface area (Å²) < 4.78 is 6.93. The standard InChI is InChI=1S/C27H29N5O3/c1-17-5-10-22(18(2)15-17)30-11-13-31(14-12-30)27(34)25-24(20-6-8-21(35-4)9-7-20)26-28-23(33)16-19(3)32(26)29-25/h5-10,15-16H,11-14H2,1-4H3,(H,28,33). The number of rotatable bonds is 4. The van der Waals surface area contributed by atoms with Gasteiger partial charge in [0.25, 0.3) is 11.5 Å². The number of aromatic amines is 1. The minimum Gasteiger partial charge on any atom is -0.497 e. The van der Waals surface area contributed by atoms with Gasteiger partial charge in [-0.05, 0) is 50.1 Å². The van der Waals surface area contributed by atoms with Crippen molar-refractivity contribution in [1.82, 2.24) is 19.5 Å². The van der Waals surface area contributed by atoms with Crippen molar-refractivity contribution in [3.05, 3.63) is 81.4 Å². The van der Waals surface area contributed by atoms with E-state index >= 15 is 0 Å². The summed E-state index contributed by atoms with van der Waals surface area (Å²) in [6.45, 7) is 8.71. The van der Waals surface area contributed by atoms with Crippen LogP contribution in [0.4, 0.5) is 5.69 Å². The molecule has 1 fully saturated rings. The second-order valence-corrected chi connectivity index (χ2v) is 9.06. The van der Waals surface area contributed by atoms with Crippen molar-refractivity contribution in [3.8, 4) is 16.9 Å². The Labute approximate surface area is 203 Å². The van der Waals surface area contributed by atoms with Crippen LogP contribution < -0.4 is 15.2 Å². The van der Waals surface area contributed by atoms with Gasteiger partial charge in [-0.25, -0.2) is 4.52 Å². The van der Waals surface area contributed by atoms with E-state index < -0.39 is 0 Å². The number of benzene rings is 2. The van der Waals surface area contributed by atoms with Crippen molar-refractivity contribution in [2.45, 2.75) is 20.8 Å². The number of carbonyl (C=O) groups excluding carboxylic acids is 1. The van der Waals surface area contributed by atoms with E-state index in [1.807, 2.05) is 36.1 Å². The highest BCUT2D eigenvalue weighted by Crippen LogP contribution is 2.31. The molecule has 8 heteroatoms. The third-order valence-corrected chi connectivity index (χ3v) is 6.64. The van der Waals surface area contributed by atoms with Crippen LogP contribution in [0.25, 0.3) is 16.8 Å². The first-order valence-electron chi connectivity index (χ1n) is 11.7. The quantitative estimate of drug-likeness (QED) is 0.492. The summed E-state index contributed by atoms with van der Waals surface area (Å²) in [4.78, 5) is 33.1. The fourth-order valence-corrected chi connectivity index (χ4v) is 4.83. The molecule has 1 amide bonds. The van der Waals surface area contributed by atoms with Crippen molar-refractivity contribution in [2.75, 3.05) is 38.2 Å². The van der Waals surface area contributed by atoms with Crippen LogP contribution in [0.1, 0.15) is 27.3 Å². The minimum atomic E-state index is -0.231. The molecule has 1 saturated heterocycles. The van der Waals surface area contributed by atoms with E-state index in [0.717, 1.165) is 18.7 Å². The van der Waals surface area contributed by atoms with Gasteiger partial charge in [0.1, 0.15) is 11.4 Å². The molecule has 8 nitrogen and oxygen atoms in total. The van der Waals surface area contributed by atoms with Crippen LogP contribution in [0.3, 0.4) is 0 Å². The van der Waals surface area contributed by atoms with Gasteiger partial charge in [-0.15, -0.1) is 0 Å². The van der Waals surface area contributed by atoms with Crippen molar-refractivity contribution >= 4 is 17.2 Å². The summed E-state index contributed by atoms with van der Waals surface area (Å²) in [6.07, 6.45) is 0. The molecule has 0 atom stereocenters. The zero-order valence-corrected chi connectivity index (χ0v) is 20.5. The number of amides is 1. The maximum atomic E-state index is 13.8. The summed E-state index contributed by atoms with van der Waals surface area (Å²) in [5.41, 5.74) is 6.38. The van der Waals surface area contributed by atoms with Crippen molar-refractivity contribution in [3.63, 3.8) is 0 Å². The Morgan fingerprint density at radius 2 is 1.69 bits per heavy atom. The number of ether oxygens (including phenoxy) is 1. The molecule has 2 aromatic carbocycles. The van der Waals surface area contributed by atoms with Gasteiger partial charge in [-0.1, -0.05) is 29.8 Å². The topological polar surface area (TPSA) is 82.9 Å². The van der Waals surface area contributed by atoms with Crippen molar-refractivity contribution in [2.24, 2.45) is 0 Å². The highest BCUT2D eigenvalue weighted by molar-refractivity contribution is 6.03. The van der Waals surface area contributed by atoms with Crippen LogP contribution >= 0.6 is 0 Å². The summed E-state index contributed by atoms with van der Waals surface area (Å²) in [7, 11) is 1.61. The molecule has 0 spiro atoms. The van der Waals surface area contributed by atoms with Crippen LogP contribution in [-0.4, -0.2) is 58.7 Å². The maximum Gasteiger partial charge on any atom is 0.275 e. The van der Waals surface area contributed by atoms with Crippen molar-refractivity contribution < 1.29 is 9.53 Å². The van der Waals surface area contributed by atoms with Crippen molar-refractivity contribution in [1.29, 1.82) is 0 Å². The SMILES string of the molecule is COc1ccc(-c2c(C(=O)N3CCN(c4ccc(C)cc4C)CC3)nn3c(C)cc(=O)[nH]c23)cc1. The van der Waals surface area contributed by atoms with Gasteiger partial charge in [-0.3, -0.25) is 9.59 Å². The lowest BCUT2D eigenvalue weighted by Gasteiger charge is -2.36. The molecule has 1 aliphatic heterocycles. The smallest absolute Gasteiger partial charge is 0.275 e. The van der Waals surface area contributed by atoms with Gasteiger partial charge in [-0.2, -0.15) is 5.10 Å². The van der Waals surface area contributed by atoms with Gasteiger partial charge < -0.3 is 19.5 Å². The molecule has 0 unspecified atom stereocenters. The van der Waals surface area contributed by atoms with Gasteiger partial charge in [0.05, 0.1) is 12.7 Å². The normalized spacial score (nSPS) is 13.9. The Bertz CT molecular complexity index is 1460. The summed E-state index contributed by atoms with van der Waals surface area (Å²) >= 11 is 0. The molecule has 35 heavy (non-hydrogen) atoms. The Morgan fingerprint density at radius 1 is 0.971 bits per heavy atom. The molecule has 0 bridgehead atoms. The molecule has 0 saturated carbocycles. The third kappa shape index (κ3) is 4.16. The Morgan fingerprint density at radius 3 is 2.34 bits per heavy atom. The molecule has 4 aromatic rings. The molecule has 1 N–H and O–H groups in total. The number of nitrogens with zero attached hydrogens (tertiary/aromatic N) is 4. The van der Waals surface area contributed by atoms with Crippen LogP contribution in [0.2, 0.25) is 0 Å². The first kappa shape index (κ1) is 22.7. The fourth-order valence-electron chi connectivity index (χ4n) is 4.83. The number of hydrogen-bond acceptors (Lipinski definition) is 5. The number of carbonyl (C=O) groups is 1. The number of fused-ring (bicyclic) bond motifs is 1. The molecule has 1 aliphatic rings. The van der Waals surface area contributed by atoms with E-state index in [4.69, 9.17) is 4.74 Å². The Balaban J connectivity index is 1.49. The van der Waals surface area contributed by atoms with Crippen LogP contribution in [0.15, 0.2) is 53.3 Å². The number of nitrogens with one attached hydrogen (secondary N) is 1. The predicted octanol–water partition coefficient (Wildman–Crippen LogP) is 3.59. The largest absolute Gasteiger partial charge is 0.497 e. The summed E-state index contributed by atoms with van der Waals surface area (Å²) in [5.74, 6) is 0.574. The van der Waals surface area contributed by atoms with E-state index in [1.165, 1.54) is 22.9 Å². The highest BCUT2D eigenvalue weighted by atomic mass is 16.5. The number of hydrogen-bond donors (Lipinski definition) is 1. The minimum absolute atomic E-state index is 0.139. The van der Waals surface area contributed by atoms with Gasteiger partial charge in [0, 0.05) is 43.6 Å². The van der Waals surface area contributed by atoms with E-state index in [0.29, 0.717) is 41.4 Å².